The third kappa shape index (κ3) is 6.46. The zero-order valence-corrected chi connectivity index (χ0v) is 9.21. The molecule has 0 saturated carbocycles. The average molecular weight is 200 g/mol. The summed E-state index contributed by atoms with van der Waals surface area (Å²) in [6, 6.07) is 0. The molecule has 0 unspecified atom stereocenters. The maximum atomic E-state index is 10.4. The van der Waals surface area contributed by atoms with E-state index in [4.69, 9.17) is 10.5 Å². The molecule has 0 rings (SSSR count). The number of carboxylic acids is 1. The zero-order chi connectivity index (χ0) is 11.1. The van der Waals surface area contributed by atoms with Crippen molar-refractivity contribution in [2.75, 3.05) is 13.6 Å². The lowest BCUT2D eigenvalue weighted by molar-refractivity contribution is -0.138. The minimum atomic E-state index is -0.728. The number of aliphatic carboxylic acids is 1. The van der Waals surface area contributed by atoms with E-state index in [1.165, 1.54) is 0 Å². The van der Waals surface area contributed by atoms with Crippen molar-refractivity contribution in [1.29, 1.82) is 5.41 Å². The Balaban J connectivity index is 3.53. The highest BCUT2D eigenvalue weighted by molar-refractivity contribution is 5.75. The number of nitrogens with zero attached hydrogens (tertiary/aromatic N) is 1. The van der Waals surface area contributed by atoms with E-state index >= 15 is 0 Å². The molecule has 0 aliphatic heterocycles. The van der Waals surface area contributed by atoms with Gasteiger partial charge in [-0.2, -0.15) is 0 Å². The van der Waals surface area contributed by atoms with E-state index in [-0.39, 0.29) is 12.3 Å². The second-order valence-electron chi connectivity index (χ2n) is 3.85. The lowest BCUT2D eigenvalue weighted by Crippen LogP contribution is -2.24. The van der Waals surface area contributed by atoms with Gasteiger partial charge in [-0.15, -0.1) is 0 Å². The van der Waals surface area contributed by atoms with Crippen LogP contribution in [0, 0.1) is 11.3 Å². The number of rotatable bonds is 6. The molecule has 0 aromatic heterocycles. The summed E-state index contributed by atoms with van der Waals surface area (Å²) >= 11 is 0. The van der Waals surface area contributed by atoms with Crippen molar-refractivity contribution in [2.24, 2.45) is 5.92 Å². The van der Waals surface area contributed by atoms with Crippen LogP contribution in [-0.2, 0) is 4.79 Å². The molecule has 0 spiro atoms. The van der Waals surface area contributed by atoms with E-state index in [1.807, 2.05) is 18.9 Å². The Morgan fingerprint density at radius 3 is 2.57 bits per heavy atom. The van der Waals surface area contributed by atoms with Crippen molar-refractivity contribution < 1.29 is 9.90 Å². The van der Waals surface area contributed by atoms with E-state index in [9.17, 15) is 4.79 Å². The maximum absolute atomic E-state index is 10.4. The summed E-state index contributed by atoms with van der Waals surface area (Å²) in [5, 5.41) is 15.9. The largest absolute Gasteiger partial charge is 0.481 e. The molecule has 0 saturated heterocycles. The molecular formula is C10H20N2O2. The highest BCUT2D eigenvalue weighted by Crippen LogP contribution is 2.10. The Hall–Kier alpha value is -1.06. The van der Waals surface area contributed by atoms with Crippen LogP contribution in [-0.4, -0.2) is 35.4 Å². The van der Waals surface area contributed by atoms with Gasteiger partial charge in [0.25, 0.3) is 0 Å². The topological polar surface area (TPSA) is 64.4 Å². The molecule has 0 heterocycles. The molecule has 0 aliphatic rings. The normalized spacial score (nSPS) is 12.2. The van der Waals surface area contributed by atoms with Crippen molar-refractivity contribution in [3.05, 3.63) is 0 Å². The van der Waals surface area contributed by atoms with E-state index < -0.39 is 5.97 Å². The number of amidine groups is 1. The van der Waals surface area contributed by atoms with Crippen LogP contribution in [0.4, 0.5) is 0 Å². The molecule has 4 nitrogen and oxygen atoms in total. The van der Waals surface area contributed by atoms with Gasteiger partial charge in [0.15, 0.2) is 0 Å². The zero-order valence-electron chi connectivity index (χ0n) is 9.21. The number of hydrogen-bond acceptors (Lipinski definition) is 2. The van der Waals surface area contributed by atoms with E-state index in [1.54, 1.807) is 6.92 Å². The first-order valence-corrected chi connectivity index (χ1v) is 4.91. The third-order valence-corrected chi connectivity index (χ3v) is 2.29. The van der Waals surface area contributed by atoms with Crippen LogP contribution >= 0.6 is 0 Å². The van der Waals surface area contributed by atoms with Crippen molar-refractivity contribution in [3.63, 3.8) is 0 Å². The molecule has 0 amide bonds. The minimum Gasteiger partial charge on any atom is -0.481 e. The molecular weight excluding hydrogens is 180 g/mol. The first kappa shape index (κ1) is 12.9. The fourth-order valence-corrected chi connectivity index (χ4v) is 1.24. The highest BCUT2D eigenvalue weighted by atomic mass is 16.4. The van der Waals surface area contributed by atoms with Gasteiger partial charge in [0.2, 0.25) is 0 Å². The lowest BCUT2D eigenvalue weighted by atomic mass is 10.0. The van der Waals surface area contributed by atoms with Gasteiger partial charge in [-0.1, -0.05) is 6.92 Å². The molecule has 1 atom stereocenters. The van der Waals surface area contributed by atoms with E-state index in [0.717, 1.165) is 19.4 Å². The van der Waals surface area contributed by atoms with Gasteiger partial charge >= 0.3 is 5.97 Å². The monoisotopic (exact) mass is 200 g/mol. The van der Waals surface area contributed by atoms with Crippen LogP contribution in [0.1, 0.15) is 33.1 Å². The SMILES string of the molecule is CC(=N)N(C)CCC[C@@H](C)CC(=O)O. The number of carboxylic acid groups (broad SMARTS) is 1. The first-order chi connectivity index (χ1) is 6.43. The van der Waals surface area contributed by atoms with Gasteiger partial charge in [-0.25, -0.2) is 0 Å². The summed E-state index contributed by atoms with van der Waals surface area (Å²) in [5.41, 5.74) is 0. The maximum Gasteiger partial charge on any atom is 0.303 e. The molecule has 0 radical (unpaired) electrons. The Labute approximate surface area is 85.4 Å². The van der Waals surface area contributed by atoms with E-state index in [2.05, 4.69) is 0 Å². The fourth-order valence-electron chi connectivity index (χ4n) is 1.24. The van der Waals surface area contributed by atoms with Gasteiger partial charge in [-0.05, 0) is 25.7 Å². The molecule has 14 heavy (non-hydrogen) atoms. The van der Waals surface area contributed by atoms with Crippen molar-refractivity contribution in [2.45, 2.75) is 33.1 Å². The van der Waals surface area contributed by atoms with Crippen LogP contribution in [0.3, 0.4) is 0 Å². The van der Waals surface area contributed by atoms with Crippen molar-refractivity contribution in [3.8, 4) is 0 Å². The Bertz CT molecular complexity index is 204. The van der Waals surface area contributed by atoms with Crippen LogP contribution < -0.4 is 0 Å². The van der Waals surface area contributed by atoms with Gasteiger partial charge in [-0.3, -0.25) is 10.2 Å². The van der Waals surface area contributed by atoms with Gasteiger partial charge in [0.1, 0.15) is 0 Å². The molecule has 0 aromatic carbocycles. The Kier molecular flexibility index (Phi) is 5.92. The quantitative estimate of drug-likeness (QED) is 0.507. The lowest BCUT2D eigenvalue weighted by Gasteiger charge is -2.17. The standard InChI is InChI=1S/C10H20N2O2/c1-8(7-10(13)14)5-4-6-12(3)9(2)11/h8,11H,4-7H2,1-3H3,(H,13,14)/t8-/m1/s1. The van der Waals surface area contributed by atoms with Gasteiger partial charge in [0, 0.05) is 20.0 Å². The highest BCUT2D eigenvalue weighted by Gasteiger charge is 2.07. The molecule has 82 valence electrons. The Morgan fingerprint density at radius 1 is 1.57 bits per heavy atom. The van der Waals surface area contributed by atoms with Crippen LogP contribution in [0.5, 0.6) is 0 Å². The summed E-state index contributed by atoms with van der Waals surface area (Å²) in [6.07, 6.45) is 2.10. The molecule has 0 aromatic rings. The summed E-state index contributed by atoms with van der Waals surface area (Å²) in [7, 11) is 1.88. The molecule has 0 aliphatic carbocycles. The van der Waals surface area contributed by atoms with Crippen LogP contribution in [0.15, 0.2) is 0 Å². The van der Waals surface area contributed by atoms with Gasteiger partial charge < -0.3 is 10.0 Å². The number of hydrogen-bond donors (Lipinski definition) is 2. The molecule has 0 bridgehead atoms. The predicted octanol–water partition coefficient (Wildman–Crippen LogP) is 1.81. The van der Waals surface area contributed by atoms with Crippen molar-refractivity contribution >= 4 is 11.8 Å². The smallest absolute Gasteiger partial charge is 0.303 e. The first-order valence-electron chi connectivity index (χ1n) is 4.91. The van der Waals surface area contributed by atoms with Crippen LogP contribution in [0.25, 0.3) is 0 Å². The molecule has 4 heteroatoms. The number of nitrogens with one attached hydrogen (secondary N) is 1. The summed E-state index contributed by atoms with van der Waals surface area (Å²) in [5.74, 6) is 0.0527. The molecule has 2 N–H and O–H groups in total. The van der Waals surface area contributed by atoms with E-state index in [0.29, 0.717) is 5.84 Å². The predicted molar refractivity (Wildman–Crippen MR) is 56.7 cm³/mol. The number of carbonyl (C=O) groups is 1. The average Bonchev–Trinajstić information content (AvgIpc) is 2.02. The van der Waals surface area contributed by atoms with Crippen molar-refractivity contribution in [1.82, 2.24) is 4.90 Å². The molecule has 0 fully saturated rings. The summed E-state index contributed by atoms with van der Waals surface area (Å²) in [4.78, 5) is 12.2. The minimum absolute atomic E-state index is 0.229. The van der Waals surface area contributed by atoms with Gasteiger partial charge in [0.05, 0.1) is 5.84 Å². The van der Waals surface area contributed by atoms with Crippen LogP contribution in [0.2, 0.25) is 0 Å². The second kappa shape index (κ2) is 6.40. The summed E-state index contributed by atoms with van der Waals surface area (Å²) < 4.78 is 0. The third-order valence-electron chi connectivity index (χ3n) is 2.29. The second-order valence-corrected chi connectivity index (χ2v) is 3.85. The Morgan fingerprint density at radius 2 is 2.14 bits per heavy atom. The summed E-state index contributed by atoms with van der Waals surface area (Å²) in [6.45, 7) is 4.53. The fraction of sp³-hybridized carbons (Fsp3) is 0.800.